The van der Waals surface area contributed by atoms with Gasteiger partial charge in [0.15, 0.2) is 0 Å². The summed E-state index contributed by atoms with van der Waals surface area (Å²) < 4.78 is 26.0. The number of carbonyl (C=O) groups is 2. The third kappa shape index (κ3) is 7.46. The lowest BCUT2D eigenvalue weighted by atomic mass is 9.95. The second-order valence-electron chi connectivity index (χ2n) is 10.6. The number of hydrogen-bond acceptors (Lipinski definition) is 5. The number of likely N-dealkylation sites (tertiary alicyclic amines) is 1. The number of benzene rings is 2. The van der Waals surface area contributed by atoms with Gasteiger partial charge in [0.05, 0.1) is 13.0 Å². The van der Waals surface area contributed by atoms with Gasteiger partial charge in [0.25, 0.3) is 0 Å². The van der Waals surface area contributed by atoms with Crippen LogP contribution < -0.4 is 10.1 Å². The molecule has 1 N–H and O–H groups in total. The van der Waals surface area contributed by atoms with E-state index in [0.717, 1.165) is 29.5 Å². The van der Waals surface area contributed by atoms with Gasteiger partial charge in [-0.2, -0.15) is 0 Å². The Morgan fingerprint density at radius 2 is 1.79 bits per heavy atom. The molecule has 0 spiro atoms. The van der Waals surface area contributed by atoms with Gasteiger partial charge in [0, 0.05) is 50.7 Å². The number of ether oxygens (including phenoxy) is 2. The Labute approximate surface area is 229 Å². The standard InChI is InChI=1S/C29H37ClFN3O4/c1-20-14-26(15-21(2)28(20)30)37-19-29(16-27(36)34-10-8-25(9-11-34)32-22(3)35)18-33(12-13-38-29)17-23-4-6-24(31)7-5-23/h4-7,14-15,25H,8-13,16-19H2,1-3H3,(H,32,35)/t29-/m0/s1. The highest BCUT2D eigenvalue weighted by Crippen LogP contribution is 2.30. The Morgan fingerprint density at radius 1 is 1.13 bits per heavy atom. The maximum absolute atomic E-state index is 13.5. The molecule has 9 heteroatoms. The van der Waals surface area contributed by atoms with Crippen LogP contribution in [0.5, 0.6) is 5.75 Å². The summed E-state index contributed by atoms with van der Waals surface area (Å²) in [7, 11) is 0. The molecule has 1 atom stereocenters. The molecule has 2 aliphatic heterocycles. The highest BCUT2D eigenvalue weighted by Gasteiger charge is 2.41. The topological polar surface area (TPSA) is 71.1 Å². The molecule has 0 unspecified atom stereocenters. The highest BCUT2D eigenvalue weighted by molar-refractivity contribution is 6.32. The van der Waals surface area contributed by atoms with Gasteiger partial charge in [-0.25, -0.2) is 4.39 Å². The number of hydrogen-bond donors (Lipinski definition) is 1. The van der Waals surface area contributed by atoms with Crippen LogP contribution in [0.15, 0.2) is 36.4 Å². The SMILES string of the molecule is CC(=O)NC1CCN(C(=O)C[C@@]2(COc3cc(C)c(Cl)c(C)c3)CN(Cc3ccc(F)cc3)CCO2)CC1. The quantitative estimate of drug-likeness (QED) is 0.536. The molecule has 0 saturated carbocycles. The fourth-order valence-electron chi connectivity index (χ4n) is 5.30. The number of piperidine rings is 1. The minimum absolute atomic E-state index is 0.0157. The lowest BCUT2D eigenvalue weighted by molar-refractivity contribution is -0.157. The summed E-state index contributed by atoms with van der Waals surface area (Å²) in [5.41, 5.74) is 2.01. The summed E-state index contributed by atoms with van der Waals surface area (Å²) >= 11 is 6.34. The van der Waals surface area contributed by atoms with Gasteiger partial charge in [-0.05, 0) is 67.6 Å². The highest BCUT2D eigenvalue weighted by atomic mass is 35.5. The average Bonchev–Trinajstić information content (AvgIpc) is 2.87. The van der Waals surface area contributed by atoms with Gasteiger partial charge in [-0.1, -0.05) is 23.7 Å². The molecule has 2 aliphatic rings. The van der Waals surface area contributed by atoms with Gasteiger partial charge in [-0.3, -0.25) is 14.5 Å². The van der Waals surface area contributed by atoms with Crippen molar-refractivity contribution in [3.63, 3.8) is 0 Å². The number of nitrogens with one attached hydrogen (secondary N) is 1. The fourth-order valence-corrected chi connectivity index (χ4v) is 5.41. The molecule has 2 saturated heterocycles. The molecule has 2 fully saturated rings. The van der Waals surface area contributed by atoms with E-state index in [1.165, 1.54) is 19.1 Å². The molecule has 2 aromatic rings. The molecule has 0 bridgehead atoms. The molecular weight excluding hydrogens is 509 g/mol. The maximum atomic E-state index is 13.5. The van der Waals surface area contributed by atoms with Crippen molar-refractivity contribution in [3.8, 4) is 5.75 Å². The lowest BCUT2D eigenvalue weighted by Gasteiger charge is -2.43. The Hall–Kier alpha value is -2.68. The molecule has 0 aromatic heterocycles. The fraction of sp³-hybridized carbons (Fsp3) is 0.517. The zero-order valence-electron chi connectivity index (χ0n) is 22.4. The van der Waals surface area contributed by atoms with E-state index in [1.54, 1.807) is 12.1 Å². The second kappa shape index (κ2) is 12.5. The Bertz CT molecular complexity index is 1110. The first-order chi connectivity index (χ1) is 18.1. The molecular formula is C29H37ClFN3O4. The van der Waals surface area contributed by atoms with E-state index >= 15 is 0 Å². The Kier molecular flexibility index (Phi) is 9.28. The third-order valence-electron chi connectivity index (χ3n) is 7.29. The molecule has 2 aromatic carbocycles. The van der Waals surface area contributed by atoms with E-state index in [-0.39, 0.29) is 36.7 Å². The molecule has 0 radical (unpaired) electrons. The number of aryl methyl sites for hydroxylation is 2. The summed E-state index contributed by atoms with van der Waals surface area (Å²) in [5.74, 6) is 0.392. The first-order valence-electron chi connectivity index (χ1n) is 13.2. The van der Waals surface area contributed by atoms with Crippen LogP contribution in [0.1, 0.15) is 42.9 Å². The van der Waals surface area contributed by atoms with E-state index in [1.807, 2.05) is 30.9 Å². The molecule has 38 heavy (non-hydrogen) atoms. The number of amides is 2. The lowest BCUT2D eigenvalue weighted by Crippen LogP contribution is -2.57. The normalized spacial score (nSPS) is 20.8. The average molecular weight is 546 g/mol. The molecule has 0 aliphatic carbocycles. The summed E-state index contributed by atoms with van der Waals surface area (Å²) in [6.07, 6.45) is 1.65. The third-order valence-corrected chi connectivity index (χ3v) is 7.88. The van der Waals surface area contributed by atoms with Crippen molar-refractivity contribution >= 4 is 23.4 Å². The minimum atomic E-state index is -0.842. The second-order valence-corrected chi connectivity index (χ2v) is 10.9. The Morgan fingerprint density at radius 3 is 2.42 bits per heavy atom. The van der Waals surface area contributed by atoms with E-state index in [4.69, 9.17) is 21.1 Å². The smallest absolute Gasteiger partial charge is 0.225 e. The Balaban J connectivity index is 1.48. The largest absolute Gasteiger partial charge is 0.490 e. The number of carbonyl (C=O) groups excluding carboxylic acids is 2. The minimum Gasteiger partial charge on any atom is -0.490 e. The molecule has 7 nitrogen and oxygen atoms in total. The van der Waals surface area contributed by atoms with Crippen LogP contribution in [0, 0.1) is 19.7 Å². The zero-order chi connectivity index (χ0) is 27.3. The van der Waals surface area contributed by atoms with Gasteiger partial charge in [0.1, 0.15) is 23.8 Å². The van der Waals surface area contributed by atoms with Crippen molar-refractivity contribution in [3.05, 3.63) is 63.9 Å². The van der Waals surface area contributed by atoms with Crippen LogP contribution in [0.3, 0.4) is 0 Å². The number of morpholine rings is 1. The van der Waals surface area contributed by atoms with Crippen molar-refractivity contribution < 1.29 is 23.5 Å². The van der Waals surface area contributed by atoms with E-state index in [9.17, 15) is 14.0 Å². The van der Waals surface area contributed by atoms with Gasteiger partial charge < -0.3 is 19.7 Å². The summed E-state index contributed by atoms with van der Waals surface area (Å²) in [6.45, 7) is 9.08. The van der Waals surface area contributed by atoms with Crippen molar-refractivity contribution in [1.29, 1.82) is 0 Å². The van der Waals surface area contributed by atoms with Crippen LogP contribution in [-0.4, -0.2) is 72.6 Å². The monoisotopic (exact) mass is 545 g/mol. The van der Waals surface area contributed by atoms with E-state index in [2.05, 4.69) is 10.2 Å². The summed E-state index contributed by atoms with van der Waals surface area (Å²) in [4.78, 5) is 29.0. The predicted molar refractivity (Wildman–Crippen MR) is 145 cm³/mol. The van der Waals surface area contributed by atoms with Gasteiger partial charge in [-0.15, -0.1) is 0 Å². The summed E-state index contributed by atoms with van der Waals surface area (Å²) in [5, 5.41) is 3.67. The summed E-state index contributed by atoms with van der Waals surface area (Å²) in [6, 6.07) is 10.4. The first-order valence-corrected chi connectivity index (χ1v) is 13.6. The van der Waals surface area contributed by atoms with Gasteiger partial charge in [0.2, 0.25) is 11.8 Å². The van der Waals surface area contributed by atoms with E-state index in [0.29, 0.717) is 50.1 Å². The van der Waals surface area contributed by atoms with Crippen molar-refractivity contribution in [1.82, 2.24) is 15.1 Å². The molecule has 2 amide bonds. The van der Waals surface area contributed by atoms with Crippen LogP contribution in [-0.2, 0) is 20.9 Å². The predicted octanol–water partition coefficient (Wildman–Crippen LogP) is 4.26. The molecule has 206 valence electrons. The van der Waals surface area contributed by atoms with Crippen LogP contribution >= 0.6 is 11.6 Å². The van der Waals surface area contributed by atoms with Crippen molar-refractivity contribution in [2.45, 2.75) is 58.2 Å². The first kappa shape index (κ1) is 28.3. The number of halogens is 2. The number of rotatable bonds is 8. The van der Waals surface area contributed by atoms with Crippen LogP contribution in [0.25, 0.3) is 0 Å². The van der Waals surface area contributed by atoms with Crippen molar-refractivity contribution in [2.75, 3.05) is 39.4 Å². The zero-order valence-corrected chi connectivity index (χ0v) is 23.2. The molecule has 4 rings (SSSR count). The van der Waals surface area contributed by atoms with Crippen LogP contribution in [0.2, 0.25) is 5.02 Å². The van der Waals surface area contributed by atoms with Crippen molar-refractivity contribution in [2.24, 2.45) is 0 Å². The molecule has 2 heterocycles. The number of nitrogens with zero attached hydrogens (tertiary/aromatic N) is 2. The maximum Gasteiger partial charge on any atom is 0.225 e. The van der Waals surface area contributed by atoms with Crippen LogP contribution in [0.4, 0.5) is 4.39 Å². The van der Waals surface area contributed by atoms with Gasteiger partial charge >= 0.3 is 0 Å². The van der Waals surface area contributed by atoms with E-state index < -0.39 is 5.60 Å².